The van der Waals surface area contributed by atoms with Gasteiger partial charge in [-0.1, -0.05) is 46.8 Å². The molecule has 0 unspecified atom stereocenters. The lowest BCUT2D eigenvalue weighted by Gasteiger charge is -2.72. The maximum Gasteiger partial charge on any atom is 0.186 e. The van der Waals surface area contributed by atoms with Crippen LogP contribution in [0.4, 0.5) is 0 Å². The van der Waals surface area contributed by atoms with E-state index in [1.807, 2.05) is 6.08 Å². The van der Waals surface area contributed by atoms with E-state index < -0.39 is 72.2 Å². The van der Waals surface area contributed by atoms with Crippen molar-refractivity contribution in [2.45, 2.75) is 161 Å². The quantitative estimate of drug-likeness (QED) is 0.150. The van der Waals surface area contributed by atoms with Gasteiger partial charge in [0, 0.05) is 0 Å². The molecule has 0 spiro atoms. The Hall–Kier alpha value is -0.660. The van der Waals surface area contributed by atoms with Crippen LogP contribution in [0.5, 0.6) is 0 Å². The molecular formula is C36H62O10. The molecule has 0 amide bonds. The predicted molar refractivity (Wildman–Crippen MR) is 171 cm³/mol. The van der Waals surface area contributed by atoms with Gasteiger partial charge in [0.15, 0.2) is 6.29 Å². The summed E-state index contributed by atoms with van der Waals surface area (Å²) in [6.45, 7) is 15.6. The molecular weight excluding hydrogens is 592 g/mol. The molecule has 10 heteroatoms. The topological polar surface area (TPSA) is 180 Å². The van der Waals surface area contributed by atoms with E-state index in [2.05, 4.69) is 34.6 Å². The first-order valence-electron chi connectivity index (χ1n) is 17.5. The second-order valence-corrected chi connectivity index (χ2v) is 17.9. The van der Waals surface area contributed by atoms with Crippen LogP contribution < -0.4 is 0 Å². The number of rotatable bonds is 7. The van der Waals surface area contributed by atoms with Gasteiger partial charge in [0.2, 0.25) is 0 Å². The van der Waals surface area contributed by atoms with Crippen molar-refractivity contribution in [3.05, 3.63) is 12.2 Å². The molecule has 5 rings (SSSR count). The van der Waals surface area contributed by atoms with E-state index in [1.165, 1.54) is 0 Å². The van der Waals surface area contributed by atoms with Gasteiger partial charge in [-0.15, -0.1) is 0 Å². The SMILES string of the molecule is CC(C)(O)C/C=C/[C@@](C)(O)[C@H]1CC[C@]2(C)[C@@H]1[C@H](O)C[C@H]1[C@]3(C)CC[C@H](O)C(C)(C)[C@@H]3[C@@H](O[C@@H]3O[C@@H](CO)[C@H](O)[C@@H](O)[C@H]3O)C[C@]12C. The Balaban J connectivity index is 1.54. The summed E-state index contributed by atoms with van der Waals surface area (Å²) in [6.07, 6.45) is -0.744. The third-order valence-corrected chi connectivity index (χ3v) is 14.2. The zero-order chi connectivity index (χ0) is 34.4. The van der Waals surface area contributed by atoms with E-state index in [-0.39, 0.29) is 39.9 Å². The van der Waals surface area contributed by atoms with E-state index in [9.17, 15) is 40.9 Å². The molecule has 5 fully saturated rings. The van der Waals surface area contributed by atoms with Gasteiger partial charge in [-0.2, -0.15) is 0 Å². The molecule has 10 nitrogen and oxygen atoms in total. The minimum absolute atomic E-state index is 0.0807. The Morgan fingerprint density at radius 1 is 0.870 bits per heavy atom. The Morgan fingerprint density at radius 3 is 2.13 bits per heavy atom. The molecule has 1 aliphatic heterocycles. The molecule has 1 saturated heterocycles. The van der Waals surface area contributed by atoms with Crippen molar-refractivity contribution in [2.24, 2.45) is 45.3 Å². The normalized spacial score (nSPS) is 52.1. The van der Waals surface area contributed by atoms with Crippen molar-refractivity contribution in [3.63, 3.8) is 0 Å². The van der Waals surface area contributed by atoms with Crippen LogP contribution in [-0.2, 0) is 9.47 Å². The van der Waals surface area contributed by atoms with Gasteiger partial charge in [-0.3, -0.25) is 0 Å². The predicted octanol–water partition coefficient (Wildman–Crippen LogP) is 2.27. The van der Waals surface area contributed by atoms with Gasteiger partial charge in [0.25, 0.3) is 0 Å². The first-order chi connectivity index (χ1) is 21.0. The fourth-order valence-electron chi connectivity index (χ4n) is 11.7. The van der Waals surface area contributed by atoms with Gasteiger partial charge in [-0.05, 0) is 111 Å². The van der Waals surface area contributed by atoms with Crippen LogP contribution in [0.2, 0.25) is 0 Å². The zero-order valence-electron chi connectivity index (χ0n) is 29.1. The minimum Gasteiger partial charge on any atom is -0.394 e. The smallest absolute Gasteiger partial charge is 0.186 e. The van der Waals surface area contributed by atoms with Gasteiger partial charge in [-0.25, -0.2) is 0 Å². The second-order valence-electron chi connectivity index (χ2n) is 17.9. The molecule has 0 aromatic heterocycles. The third-order valence-electron chi connectivity index (χ3n) is 14.2. The zero-order valence-corrected chi connectivity index (χ0v) is 29.1. The largest absolute Gasteiger partial charge is 0.394 e. The van der Waals surface area contributed by atoms with Crippen molar-refractivity contribution in [1.82, 2.24) is 0 Å². The number of aliphatic hydroxyl groups is 8. The van der Waals surface area contributed by atoms with Crippen molar-refractivity contribution in [2.75, 3.05) is 6.61 Å². The number of hydrogen-bond donors (Lipinski definition) is 8. The summed E-state index contributed by atoms with van der Waals surface area (Å²) in [7, 11) is 0. The maximum absolute atomic E-state index is 12.1. The summed E-state index contributed by atoms with van der Waals surface area (Å²) in [5.74, 6) is -0.516. The Labute approximate surface area is 274 Å². The lowest BCUT2D eigenvalue weighted by Crippen LogP contribution is -2.71. The van der Waals surface area contributed by atoms with Crippen LogP contribution in [0, 0.1) is 45.3 Å². The summed E-state index contributed by atoms with van der Waals surface area (Å²) in [6, 6.07) is 0. The lowest BCUT2D eigenvalue weighted by molar-refractivity contribution is -0.346. The number of aliphatic hydroxyl groups excluding tert-OH is 6. The summed E-state index contributed by atoms with van der Waals surface area (Å²) in [5.41, 5.74) is -3.80. The van der Waals surface area contributed by atoms with Crippen LogP contribution in [0.25, 0.3) is 0 Å². The molecule has 16 atom stereocenters. The molecule has 4 aliphatic carbocycles. The van der Waals surface area contributed by atoms with E-state index in [1.54, 1.807) is 26.8 Å². The van der Waals surface area contributed by atoms with Crippen molar-refractivity contribution in [1.29, 1.82) is 0 Å². The van der Waals surface area contributed by atoms with Crippen LogP contribution in [0.15, 0.2) is 12.2 Å². The minimum atomic E-state index is -1.56. The van der Waals surface area contributed by atoms with Crippen LogP contribution >= 0.6 is 0 Å². The van der Waals surface area contributed by atoms with Gasteiger partial charge >= 0.3 is 0 Å². The van der Waals surface area contributed by atoms with Crippen LogP contribution in [0.1, 0.15) is 100 Å². The summed E-state index contributed by atoms with van der Waals surface area (Å²) >= 11 is 0. The molecule has 266 valence electrons. The van der Waals surface area contributed by atoms with Crippen LogP contribution in [0.3, 0.4) is 0 Å². The highest BCUT2D eigenvalue weighted by Crippen LogP contribution is 2.76. The van der Waals surface area contributed by atoms with E-state index in [4.69, 9.17) is 9.47 Å². The Kier molecular flexibility index (Phi) is 9.55. The summed E-state index contributed by atoms with van der Waals surface area (Å²) < 4.78 is 12.6. The average molecular weight is 655 g/mol. The van der Waals surface area contributed by atoms with Gasteiger partial charge < -0.3 is 50.3 Å². The molecule has 4 saturated carbocycles. The number of fused-ring (bicyclic) bond motifs is 5. The monoisotopic (exact) mass is 654 g/mol. The van der Waals surface area contributed by atoms with Crippen molar-refractivity contribution < 1.29 is 50.3 Å². The Bertz CT molecular complexity index is 1130. The molecule has 46 heavy (non-hydrogen) atoms. The molecule has 0 aromatic rings. The first kappa shape index (κ1) is 36.6. The maximum atomic E-state index is 12.1. The molecule has 8 N–H and O–H groups in total. The highest BCUT2D eigenvalue weighted by atomic mass is 16.7. The molecule has 0 bridgehead atoms. The second kappa shape index (κ2) is 12.0. The van der Waals surface area contributed by atoms with Crippen molar-refractivity contribution >= 4 is 0 Å². The Morgan fingerprint density at radius 2 is 1.52 bits per heavy atom. The summed E-state index contributed by atoms with van der Waals surface area (Å²) in [4.78, 5) is 0. The van der Waals surface area contributed by atoms with Gasteiger partial charge in [0.1, 0.15) is 24.4 Å². The lowest BCUT2D eigenvalue weighted by atomic mass is 9.34. The summed E-state index contributed by atoms with van der Waals surface area (Å²) in [5, 5.41) is 87.3. The molecule has 0 radical (unpaired) electrons. The highest BCUT2D eigenvalue weighted by Gasteiger charge is 2.73. The fourth-order valence-corrected chi connectivity index (χ4v) is 11.7. The van der Waals surface area contributed by atoms with E-state index in [0.717, 1.165) is 19.3 Å². The van der Waals surface area contributed by atoms with E-state index in [0.29, 0.717) is 25.7 Å². The first-order valence-corrected chi connectivity index (χ1v) is 17.5. The molecule has 1 heterocycles. The molecule has 5 aliphatic rings. The average Bonchev–Trinajstić information content (AvgIpc) is 3.32. The number of ether oxygens (including phenoxy) is 2. The molecule has 0 aromatic carbocycles. The number of hydrogen-bond acceptors (Lipinski definition) is 10. The van der Waals surface area contributed by atoms with Crippen LogP contribution in [-0.4, -0.2) is 108 Å². The van der Waals surface area contributed by atoms with Gasteiger partial charge in [0.05, 0.1) is 36.1 Å². The fraction of sp³-hybridized carbons (Fsp3) is 0.944. The van der Waals surface area contributed by atoms with Crippen molar-refractivity contribution in [3.8, 4) is 0 Å². The third kappa shape index (κ3) is 5.64. The highest BCUT2D eigenvalue weighted by molar-refractivity contribution is 5.23. The van der Waals surface area contributed by atoms with E-state index >= 15 is 0 Å². The standard InChI is InChI=1S/C36H62O10/c1-31(2,43)12-9-13-36(8,44)19-10-15-34(6)25(19)20(38)16-23-33(5)14-11-24(39)32(3,4)29(33)21(17-35(23,34)7)45-30-28(42)27(41)26(40)22(18-37)46-30/h9,13,19-30,37-44H,10-12,14-18H2,1-8H3/b13-9+/t19-,20+,21-,22-,23-,24-,25-,26-,27+,28+,29-,30+,33-,34+,35+,36+/m0/s1.